The number of hydrogen-bond donors (Lipinski definition) is 1. The van der Waals surface area contributed by atoms with Gasteiger partial charge in [0.1, 0.15) is 11.5 Å². The minimum atomic E-state index is -0.203. The van der Waals surface area contributed by atoms with Crippen LogP contribution in [0.4, 0.5) is 5.69 Å². The van der Waals surface area contributed by atoms with E-state index in [1.165, 1.54) is 0 Å². The molecule has 1 amide bonds. The van der Waals surface area contributed by atoms with E-state index in [0.717, 1.165) is 17.7 Å². The molecule has 4 nitrogen and oxygen atoms in total. The third-order valence-corrected chi connectivity index (χ3v) is 3.57. The molecule has 1 N–H and O–H groups in total. The van der Waals surface area contributed by atoms with Crippen LogP contribution in [-0.2, 0) is 0 Å². The molecule has 21 heavy (non-hydrogen) atoms. The van der Waals surface area contributed by atoms with Crippen LogP contribution in [0.5, 0.6) is 11.5 Å². The molecule has 0 atom stereocenters. The van der Waals surface area contributed by atoms with Crippen LogP contribution in [0.15, 0.2) is 42.5 Å². The predicted molar refractivity (Wildman–Crippen MR) is 81.1 cm³/mol. The van der Waals surface area contributed by atoms with Crippen molar-refractivity contribution in [2.24, 2.45) is 0 Å². The maximum absolute atomic E-state index is 12.8. The van der Waals surface area contributed by atoms with Crippen molar-refractivity contribution < 1.29 is 14.6 Å². The summed E-state index contributed by atoms with van der Waals surface area (Å²) in [6, 6.07) is 12.6. The molecular weight excluding hydrogens is 266 g/mol. The molecule has 4 heteroatoms. The molecule has 0 bridgehead atoms. The number of carbonyl (C=O) groups excluding carboxylic acids is 1. The second kappa shape index (κ2) is 5.48. The van der Waals surface area contributed by atoms with Crippen LogP contribution in [0, 0.1) is 6.92 Å². The van der Waals surface area contributed by atoms with Crippen LogP contribution in [0.1, 0.15) is 22.3 Å². The molecule has 1 aliphatic heterocycles. The first-order valence-corrected chi connectivity index (χ1v) is 7.00. The van der Waals surface area contributed by atoms with E-state index in [1.807, 2.05) is 37.3 Å². The SMILES string of the molecule is Cc1ccc(C(=O)N2CCCOc3ccccc32)c(O)c1. The van der Waals surface area contributed by atoms with Gasteiger partial charge in [0.15, 0.2) is 0 Å². The summed E-state index contributed by atoms with van der Waals surface area (Å²) in [6.07, 6.45) is 0.757. The summed E-state index contributed by atoms with van der Waals surface area (Å²) in [5.41, 5.74) is 1.99. The second-order valence-corrected chi connectivity index (χ2v) is 5.15. The normalized spacial score (nSPS) is 14.0. The van der Waals surface area contributed by atoms with Gasteiger partial charge < -0.3 is 14.7 Å². The zero-order valence-electron chi connectivity index (χ0n) is 11.9. The molecule has 0 radical (unpaired) electrons. The lowest BCUT2D eigenvalue weighted by Gasteiger charge is -2.22. The zero-order chi connectivity index (χ0) is 14.8. The number of aromatic hydroxyl groups is 1. The first-order valence-electron chi connectivity index (χ1n) is 7.00. The summed E-state index contributed by atoms with van der Waals surface area (Å²) < 4.78 is 5.66. The number of fused-ring (bicyclic) bond motifs is 1. The van der Waals surface area contributed by atoms with Crippen molar-refractivity contribution in [3.8, 4) is 11.5 Å². The van der Waals surface area contributed by atoms with E-state index in [0.29, 0.717) is 24.5 Å². The first-order chi connectivity index (χ1) is 10.2. The number of hydrogen-bond acceptors (Lipinski definition) is 3. The van der Waals surface area contributed by atoms with Crippen LogP contribution in [-0.4, -0.2) is 24.2 Å². The fourth-order valence-electron chi connectivity index (χ4n) is 2.51. The van der Waals surface area contributed by atoms with Crippen molar-refractivity contribution in [3.05, 3.63) is 53.6 Å². The minimum Gasteiger partial charge on any atom is -0.507 e. The number of phenols is 1. The van der Waals surface area contributed by atoms with Crippen molar-refractivity contribution in [1.82, 2.24) is 0 Å². The number of ether oxygens (including phenoxy) is 1. The summed E-state index contributed by atoms with van der Waals surface area (Å²) in [6.45, 7) is 3.03. The van der Waals surface area contributed by atoms with E-state index >= 15 is 0 Å². The summed E-state index contributed by atoms with van der Waals surface area (Å²) in [4.78, 5) is 14.4. The van der Waals surface area contributed by atoms with Crippen LogP contribution >= 0.6 is 0 Å². The lowest BCUT2D eigenvalue weighted by molar-refractivity contribution is 0.0984. The fourth-order valence-corrected chi connectivity index (χ4v) is 2.51. The largest absolute Gasteiger partial charge is 0.507 e. The van der Waals surface area contributed by atoms with Gasteiger partial charge in [0.2, 0.25) is 0 Å². The van der Waals surface area contributed by atoms with Gasteiger partial charge in [-0.15, -0.1) is 0 Å². The molecule has 0 aliphatic carbocycles. The number of amides is 1. The number of anilines is 1. The highest BCUT2D eigenvalue weighted by Gasteiger charge is 2.24. The van der Waals surface area contributed by atoms with Crippen molar-refractivity contribution in [2.45, 2.75) is 13.3 Å². The third kappa shape index (κ3) is 2.57. The Kier molecular flexibility index (Phi) is 3.52. The van der Waals surface area contributed by atoms with Crippen LogP contribution < -0.4 is 9.64 Å². The fraction of sp³-hybridized carbons (Fsp3) is 0.235. The molecule has 2 aromatic rings. The minimum absolute atomic E-state index is 0.0163. The zero-order valence-corrected chi connectivity index (χ0v) is 11.9. The first kappa shape index (κ1) is 13.5. The van der Waals surface area contributed by atoms with Gasteiger partial charge in [-0.3, -0.25) is 4.79 Å². The van der Waals surface area contributed by atoms with E-state index in [-0.39, 0.29) is 11.7 Å². The molecule has 0 saturated heterocycles. The molecule has 0 saturated carbocycles. The number of benzene rings is 2. The quantitative estimate of drug-likeness (QED) is 0.874. The molecule has 0 unspecified atom stereocenters. The third-order valence-electron chi connectivity index (χ3n) is 3.57. The number of para-hydroxylation sites is 2. The van der Waals surface area contributed by atoms with Gasteiger partial charge in [0, 0.05) is 6.54 Å². The highest BCUT2D eigenvalue weighted by molar-refractivity contribution is 6.08. The van der Waals surface area contributed by atoms with Gasteiger partial charge in [0.25, 0.3) is 5.91 Å². The molecule has 1 aliphatic rings. The molecule has 0 aromatic heterocycles. The Hall–Kier alpha value is -2.49. The highest BCUT2D eigenvalue weighted by Crippen LogP contribution is 2.32. The van der Waals surface area contributed by atoms with Crippen molar-refractivity contribution in [1.29, 1.82) is 0 Å². The van der Waals surface area contributed by atoms with Crippen LogP contribution in [0.25, 0.3) is 0 Å². The van der Waals surface area contributed by atoms with Crippen LogP contribution in [0.3, 0.4) is 0 Å². The van der Waals surface area contributed by atoms with E-state index in [4.69, 9.17) is 4.74 Å². The average Bonchev–Trinajstić information content (AvgIpc) is 2.69. The Morgan fingerprint density at radius 3 is 2.86 bits per heavy atom. The smallest absolute Gasteiger partial charge is 0.262 e. The molecule has 108 valence electrons. The molecule has 3 rings (SSSR count). The topological polar surface area (TPSA) is 49.8 Å². The Morgan fingerprint density at radius 1 is 1.24 bits per heavy atom. The van der Waals surface area contributed by atoms with Crippen LogP contribution in [0.2, 0.25) is 0 Å². The molecule has 2 aromatic carbocycles. The maximum Gasteiger partial charge on any atom is 0.262 e. The van der Waals surface area contributed by atoms with Gasteiger partial charge in [-0.2, -0.15) is 0 Å². The van der Waals surface area contributed by atoms with E-state index in [9.17, 15) is 9.90 Å². The monoisotopic (exact) mass is 283 g/mol. The summed E-state index contributed by atoms with van der Waals surface area (Å²) in [7, 11) is 0. The van der Waals surface area contributed by atoms with Gasteiger partial charge in [-0.05, 0) is 43.2 Å². The maximum atomic E-state index is 12.8. The number of phenolic OH excluding ortho intramolecular Hbond substituents is 1. The number of aryl methyl sites for hydroxylation is 1. The van der Waals surface area contributed by atoms with Gasteiger partial charge in [-0.1, -0.05) is 18.2 Å². The lowest BCUT2D eigenvalue weighted by Crippen LogP contribution is -2.31. The van der Waals surface area contributed by atoms with E-state index in [1.54, 1.807) is 17.0 Å². The Bertz CT molecular complexity index is 681. The second-order valence-electron chi connectivity index (χ2n) is 5.15. The molecule has 1 heterocycles. The highest BCUT2D eigenvalue weighted by atomic mass is 16.5. The van der Waals surface area contributed by atoms with E-state index < -0.39 is 0 Å². The van der Waals surface area contributed by atoms with Crippen molar-refractivity contribution in [3.63, 3.8) is 0 Å². The Labute approximate surface area is 123 Å². The van der Waals surface area contributed by atoms with Gasteiger partial charge in [-0.25, -0.2) is 0 Å². The lowest BCUT2D eigenvalue weighted by atomic mass is 10.1. The molecular formula is C17H17NO3. The van der Waals surface area contributed by atoms with Crippen molar-refractivity contribution in [2.75, 3.05) is 18.1 Å². The van der Waals surface area contributed by atoms with Gasteiger partial charge >= 0.3 is 0 Å². The standard InChI is InChI=1S/C17H17NO3/c1-12-7-8-13(15(19)11-12)17(20)18-9-4-10-21-16-6-3-2-5-14(16)18/h2-3,5-8,11,19H,4,9-10H2,1H3. The number of nitrogens with zero attached hydrogens (tertiary/aromatic N) is 1. The average molecular weight is 283 g/mol. The predicted octanol–water partition coefficient (Wildman–Crippen LogP) is 3.13. The number of rotatable bonds is 1. The Morgan fingerprint density at radius 2 is 2.05 bits per heavy atom. The summed E-state index contributed by atoms with van der Waals surface area (Å²) in [5.74, 6) is 0.517. The number of carbonyl (C=O) groups is 1. The van der Waals surface area contributed by atoms with E-state index in [2.05, 4.69) is 0 Å². The molecule has 0 fully saturated rings. The molecule has 0 spiro atoms. The van der Waals surface area contributed by atoms with Gasteiger partial charge in [0.05, 0.1) is 17.9 Å². The summed E-state index contributed by atoms with van der Waals surface area (Å²) >= 11 is 0. The van der Waals surface area contributed by atoms with Crippen molar-refractivity contribution >= 4 is 11.6 Å². The Balaban J connectivity index is 2.01. The summed E-state index contributed by atoms with van der Waals surface area (Å²) in [5, 5.41) is 10.0.